The molecular formula is C52H34N4OS2. The fraction of sp³-hybridized carbons (Fsp3) is 0.0385. The van der Waals surface area contributed by atoms with Gasteiger partial charge in [0.1, 0.15) is 21.2 Å². The molecule has 0 aliphatic rings. The molecule has 0 atom stereocenters. The van der Waals surface area contributed by atoms with Crippen LogP contribution in [-0.2, 0) is 0 Å². The lowest BCUT2D eigenvalue weighted by Gasteiger charge is -2.11. The Hall–Kier alpha value is -7.06. The van der Waals surface area contributed by atoms with Crippen molar-refractivity contribution in [3.8, 4) is 32.5 Å². The second kappa shape index (κ2) is 13.2. The lowest BCUT2D eigenvalue weighted by atomic mass is 10.0. The van der Waals surface area contributed by atoms with Crippen molar-refractivity contribution in [3.05, 3.63) is 170 Å². The molecule has 0 amide bonds. The third-order valence-corrected chi connectivity index (χ3v) is 13.5. The SMILES string of the molecule is CC.c1ccc2sc(-c3cc(-n4c5ccccc5c5ccccc54)cc4c3oc3c(-c5nc6ccccc6s5)cc(-n5c6ccccc6c6ccccc65)cc34)nc2c1. The van der Waals surface area contributed by atoms with Gasteiger partial charge in [-0.25, -0.2) is 9.97 Å². The molecule has 13 rings (SSSR count). The first-order chi connectivity index (χ1) is 29.2. The van der Waals surface area contributed by atoms with Crippen LogP contribution in [0.25, 0.3) is 119 Å². The smallest absolute Gasteiger partial charge is 0.145 e. The maximum atomic E-state index is 7.23. The van der Waals surface area contributed by atoms with Gasteiger partial charge in [-0.05, 0) is 72.8 Å². The zero-order valence-electron chi connectivity index (χ0n) is 32.2. The molecule has 0 saturated heterocycles. The van der Waals surface area contributed by atoms with Gasteiger partial charge in [0.05, 0.1) is 53.6 Å². The summed E-state index contributed by atoms with van der Waals surface area (Å²) in [6.45, 7) is 4.00. The van der Waals surface area contributed by atoms with Gasteiger partial charge >= 0.3 is 0 Å². The molecule has 8 aromatic carbocycles. The van der Waals surface area contributed by atoms with Crippen molar-refractivity contribution in [2.45, 2.75) is 13.8 Å². The number of hydrogen-bond acceptors (Lipinski definition) is 5. The molecule has 5 nitrogen and oxygen atoms in total. The average Bonchev–Trinajstić information content (AvgIpc) is 4.13. The van der Waals surface area contributed by atoms with E-state index in [9.17, 15) is 0 Å². The summed E-state index contributed by atoms with van der Waals surface area (Å²) in [7, 11) is 0. The van der Waals surface area contributed by atoms with E-state index in [4.69, 9.17) is 14.4 Å². The monoisotopic (exact) mass is 794 g/mol. The number of rotatable bonds is 4. The van der Waals surface area contributed by atoms with Gasteiger partial charge in [-0.1, -0.05) is 111 Å². The van der Waals surface area contributed by atoms with Gasteiger partial charge in [-0.3, -0.25) is 0 Å². The molecule has 0 unspecified atom stereocenters. The number of benzene rings is 8. The van der Waals surface area contributed by atoms with Crippen LogP contribution in [0.2, 0.25) is 0 Å². The average molecular weight is 795 g/mol. The highest BCUT2D eigenvalue weighted by molar-refractivity contribution is 7.22. The maximum Gasteiger partial charge on any atom is 0.145 e. The van der Waals surface area contributed by atoms with Gasteiger partial charge < -0.3 is 13.6 Å². The molecule has 5 aromatic heterocycles. The predicted molar refractivity (Wildman–Crippen MR) is 251 cm³/mol. The van der Waals surface area contributed by atoms with Crippen LogP contribution in [-0.4, -0.2) is 19.1 Å². The van der Waals surface area contributed by atoms with E-state index < -0.39 is 0 Å². The Kier molecular flexibility index (Phi) is 7.64. The van der Waals surface area contributed by atoms with Crippen molar-refractivity contribution >= 4 is 109 Å². The second-order valence-corrected chi connectivity index (χ2v) is 16.6. The molecule has 0 N–H and O–H groups in total. The molecule has 0 saturated carbocycles. The Balaban J connectivity index is 0.00000186. The summed E-state index contributed by atoms with van der Waals surface area (Å²) < 4.78 is 14.3. The number of para-hydroxylation sites is 6. The first-order valence-electron chi connectivity index (χ1n) is 20.0. The molecule has 59 heavy (non-hydrogen) atoms. The molecule has 0 bridgehead atoms. The van der Waals surface area contributed by atoms with Crippen LogP contribution in [0.3, 0.4) is 0 Å². The van der Waals surface area contributed by atoms with Crippen molar-refractivity contribution in [2.75, 3.05) is 0 Å². The van der Waals surface area contributed by atoms with Crippen LogP contribution < -0.4 is 0 Å². The lowest BCUT2D eigenvalue weighted by molar-refractivity contribution is 0.671. The molecule has 5 heterocycles. The molecule has 0 aliphatic carbocycles. The standard InChI is InChI=1S/C50H28N4OS2.C2H6/c1-7-19-41-31(13-1)32-14-2-8-20-42(32)53(41)29-25-35-36-26-30(54-43-21-9-3-15-33(43)34-16-4-10-22-44(34)54)28-38(50-52-40-18-6-12-24-46(40)57-50)48(36)55-47(35)37(27-29)49-51-39-17-5-11-23-45(39)56-49;1-2/h1-28H;1-2H3. The number of nitrogens with zero attached hydrogens (tertiary/aromatic N) is 4. The summed E-state index contributed by atoms with van der Waals surface area (Å²) in [4.78, 5) is 10.4. The van der Waals surface area contributed by atoms with E-state index in [1.807, 2.05) is 13.8 Å². The van der Waals surface area contributed by atoms with Crippen molar-refractivity contribution in [3.63, 3.8) is 0 Å². The highest BCUT2D eigenvalue weighted by Gasteiger charge is 2.24. The fourth-order valence-corrected chi connectivity index (χ4v) is 10.9. The predicted octanol–water partition coefficient (Wildman–Crippen LogP) is 15.4. The minimum absolute atomic E-state index is 0.815. The number of hydrogen-bond donors (Lipinski definition) is 0. The molecule has 13 aromatic rings. The van der Waals surface area contributed by atoms with Crippen molar-refractivity contribution in [1.29, 1.82) is 0 Å². The third kappa shape index (κ3) is 5.08. The second-order valence-electron chi connectivity index (χ2n) is 14.6. The van der Waals surface area contributed by atoms with Crippen LogP contribution in [0, 0.1) is 0 Å². The molecule has 0 aliphatic heterocycles. The van der Waals surface area contributed by atoms with Gasteiger partial charge in [-0.15, -0.1) is 22.7 Å². The van der Waals surface area contributed by atoms with E-state index in [0.29, 0.717) is 0 Å². The number of fused-ring (bicyclic) bond motifs is 11. The highest BCUT2D eigenvalue weighted by atomic mass is 32.1. The first-order valence-corrected chi connectivity index (χ1v) is 21.6. The molecular weight excluding hydrogens is 761 g/mol. The minimum Gasteiger partial charge on any atom is -0.455 e. The summed E-state index contributed by atoms with van der Waals surface area (Å²) in [5.74, 6) is 0. The van der Waals surface area contributed by atoms with Gasteiger partial charge in [-0.2, -0.15) is 0 Å². The van der Waals surface area contributed by atoms with Gasteiger partial charge in [0.25, 0.3) is 0 Å². The van der Waals surface area contributed by atoms with E-state index >= 15 is 0 Å². The Morgan fingerprint density at radius 3 is 1.10 bits per heavy atom. The lowest BCUT2D eigenvalue weighted by Crippen LogP contribution is -1.96. The van der Waals surface area contributed by atoms with Crippen molar-refractivity contribution < 1.29 is 4.42 Å². The topological polar surface area (TPSA) is 48.8 Å². The Morgan fingerprint density at radius 2 is 0.729 bits per heavy atom. The summed E-state index contributed by atoms with van der Waals surface area (Å²) in [6, 6.07) is 60.6. The summed E-state index contributed by atoms with van der Waals surface area (Å²) in [5.41, 5.74) is 12.3. The third-order valence-electron chi connectivity index (χ3n) is 11.4. The maximum absolute atomic E-state index is 7.23. The zero-order chi connectivity index (χ0) is 39.2. The van der Waals surface area contributed by atoms with Gasteiger partial charge in [0.2, 0.25) is 0 Å². The quantitative estimate of drug-likeness (QED) is 0.178. The molecule has 0 spiro atoms. The Morgan fingerprint density at radius 1 is 0.390 bits per heavy atom. The van der Waals surface area contributed by atoms with Crippen LogP contribution in [0.4, 0.5) is 0 Å². The first kappa shape index (κ1) is 34.0. The van der Waals surface area contributed by atoms with Crippen LogP contribution in [0.1, 0.15) is 13.8 Å². The Labute approximate surface area is 346 Å². The largest absolute Gasteiger partial charge is 0.455 e. The number of aromatic nitrogens is 4. The van der Waals surface area contributed by atoms with Crippen molar-refractivity contribution in [2.24, 2.45) is 0 Å². The summed E-state index contributed by atoms with van der Waals surface area (Å²) in [6.07, 6.45) is 0. The van der Waals surface area contributed by atoms with Gasteiger partial charge in [0, 0.05) is 43.7 Å². The molecule has 0 fully saturated rings. The zero-order valence-corrected chi connectivity index (χ0v) is 33.8. The molecule has 0 radical (unpaired) electrons. The fourth-order valence-electron chi connectivity index (χ4n) is 8.90. The van der Waals surface area contributed by atoms with Gasteiger partial charge in [0.15, 0.2) is 0 Å². The number of thiazole rings is 2. The summed E-state index contributed by atoms with van der Waals surface area (Å²) in [5, 5.41) is 8.79. The van der Waals surface area contributed by atoms with E-state index in [2.05, 4.69) is 179 Å². The van der Waals surface area contributed by atoms with Crippen LogP contribution >= 0.6 is 22.7 Å². The highest BCUT2D eigenvalue weighted by Crippen LogP contribution is 2.47. The van der Waals surface area contributed by atoms with E-state index in [-0.39, 0.29) is 0 Å². The molecule has 7 heteroatoms. The van der Waals surface area contributed by atoms with E-state index in [0.717, 1.165) is 97.0 Å². The number of furan rings is 1. The van der Waals surface area contributed by atoms with E-state index in [1.54, 1.807) is 22.7 Å². The summed E-state index contributed by atoms with van der Waals surface area (Å²) >= 11 is 3.40. The molecule has 280 valence electrons. The Bertz CT molecular complexity index is 3370. The normalized spacial score (nSPS) is 11.9. The van der Waals surface area contributed by atoms with Crippen LogP contribution in [0.15, 0.2) is 174 Å². The van der Waals surface area contributed by atoms with Crippen LogP contribution in [0.5, 0.6) is 0 Å². The minimum atomic E-state index is 0.815. The van der Waals surface area contributed by atoms with Crippen molar-refractivity contribution in [1.82, 2.24) is 19.1 Å². The van der Waals surface area contributed by atoms with E-state index in [1.165, 1.54) is 21.5 Å².